The Morgan fingerprint density at radius 2 is 1.78 bits per heavy atom. The lowest BCUT2D eigenvalue weighted by Crippen LogP contribution is -2.27. The molecule has 0 atom stereocenters. The Morgan fingerprint density at radius 3 is 2.41 bits per heavy atom. The van der Waals surface area contributed by atoms with Crippen LogP contribution in [0, 0.1) is 7.14 Å². The van der Waals surface area contributed by atoms with E-state index in [0.29, 0.717) is 16.4 Å². The second-order valence-electron chi connectivity index (χ2n) is 5.63. The van der Waals surface area contributed by atoms with Gasteiger partial charge in [-0.3, -0.25) is 14.5 Å². The molecule has 2 amide bonds. The molecule has 1 aliphatic heterocycles. The second-order valence-corrected chi connectivity index (χ2v) is 9.03. The van der Waals surface area contributed by atoms with Crippen LogP contribution in [-0.4, -0.2) is 30.3 Å². The highest BCUT2D eigenvalue weighted by Crippen LogP contribution is 2.37. The largest absolute Gasteiger partial charge is 0.493 e. The molecule has 0 saturated carbocycles. The van der Waals surface area contributed by atoms with E-state index < -0.39 is 0 Å². The summed E-state index contributed by atoms with van der Waals surface area (Å²) in [5.74, 6) is 0.934. The minimum Gasteiger partial charge on any atom is -0.493 e. The maximum Gasteiger partial charge on any atom is 0.293 e. The van der Waals surface area contributed by atoms with Gasteiger partial charge in [0.15, 0.2) is 11.5 Å². The van der Waals surface area contributed by atoms with Gasteiger partial charge in [0.25, 0.3) is 11.1 Å². The van der Waals surface area contributed by atoms with Crippen molar-refractivity contribution in [3.8, 4) is 11.5 Å². The normalized spacial score (nSPS) is 15.6. The molecular weight excluding hydrogens is 592 g/mol. The summed E-state index contributed by atoms with van der Waals surface area (Å²) in [6.07, 6.45) is 1.71. The Labute approximate surface area is 188 Å². The van der Waals surface area contributed by atoms with Crippen molar-refractivity contribution in [1.29, 1.82) is 0 Å². The van der Waals surface area contributed by atoms with Gasteiger partial charge in [0.1, 0.15) is 0 Å². The van der Waals surface area contributed by atoms with E-state index in [0.717, 1.165) is 30.0 Å². The van der Waals surface area contributed by atoms with Gasteiger partial charge in [-0.15, -0.1) is 0 Å². The molecule has 0 aromatic heterocycles. The average molecular weight is 607 g/mol. The molecule has 0 aliphatic carbocycles. The quantitative estimate of drug-likeness (QED) is 0.348. The SMILES string of the molecule is COc1cc(/C=C2\SC(=O)N(Cc3ccc(I)cc3)C2=O)cc(I)c1OC. The molecule has 0 spiro atoms. The van der Waals surface area contributed by atoms with Gasteiger partial charge < -0.3 is 9.47 Å². The zero-order chi connectivity index (χ0) is 19.6. The average Bonchev–Trinajstić information content (AvgIpc) is 2.90. The molecule has 1 heterocycles. The van der Waals surface area contributed by atoms with Crippen LogP contribution >= 0.6 is 56.9 Å². The van der Waals surface area contributed by atoms with Gasteiger partial charge in [-0.1, -0.05) is 12.1 Å². The summed E-state index contributed by atoms with van der Waals surface area (Å²) < 4.78 is 12.6. The van der Waals surface area contributed by atoms with Crippen molar-refractivity contribution >= 4 is 74.2 Å². The molecule has 3 rings (SSSR count). The van der Waals surface area contributed by atoms with Crippen molar-refractivity contribution in [2.75, 3.05) is 14.2 Å². The first-order chi connectivity index (χ1) is 12.9. The summed E-state index contributed by atoms with van der Waals surface area (Å²) >= 11 is 5.32. The summed E-state index contributed by atoms with van der Waals surface area (Å²) in [5.41, 5.74) is 1.69. The fraction of sp³-hybridized carbons (Fsp3) is 0.158. The van der Waals surface area contributed by atoms with Crippen molar-refractivity contribution in [1.82, 2.24) is 4.90 Å². The summed E-state index contributed by atoms with van der Waals surface area (Å²) in [6, 6.07) is 11.4. The van der Waals surface area contributed by atoms with E-state index in [9.17, 15) is 9.59 Å². The van der Waals surface area contributed by atoms with Gasteiger partial charge in [0.05, 0.1) is 29.2 Å². The summed E-state index contributed by atoms with van der Waals surface area (Å²) in [4.78, 5) is 26.7. The molecule has 0 radical (unpaired) electrons. The molecule has 0 unspecified atom stereocenters. The summed E-state index contributed by atoms with van der Waals surface area (Å²) in [7, 11) is 3.14. The number of hydrogen-bond donors (Lipinski definition) is 0. The number of ether oxygens (including phenoxy) is 2. The topological polar surface area (TPSA) is 55.8 Å². The van der Waals surface area contributed by atoms with E-state index in [2.05, 4.69) is 45.2 Å². The number of nitrogens with zero attached hydrogens (tertiary/aromatic N) is 1. The van der Waals surface area contributed by atoms with Crippen LogP contribution in [-0.2, 0) is 11.3 Å². The van der Waals surface area contributed by atoms with Crippen molar-refractivity contribution < 1.29 is 19.1 Å². The van der Waals surface area contributed by atoms with Crippen LogP contribution in [0.3, 0.4) is 0 Å². The number of carbonyl (C=O) groups is 2. The Kier molecular flexibility index (Phi) is 6.69. The van der Waals surface area contributed by atoms with Crippen LogP contribution in [0.4, 0.5) is 4.79 Å². The maximum atomic E-state index is 12.7. The van der Waals surface area contributed by atoms with Gasteiger partial charge >= 0.3 is 0 Å². The van der Waals surface area contributed by atoms with Crippen LogP contribution in [0.5, 0.6) is 11.5 Å². The predicted molar refractivity (Wildman–Crippen MR) is 123 cm³/mol. The first kappa shape index (κ1) is 20.5. The Hall–Kier alpha value is -1.27. The number of carbonyl (C=O) groups excluding carboxylic acids is 2. The van der Waals surface area contributed by atoms with Crippen molar-refractivity contribution in [3.05, 3.63) is 59.6 Å². The van der Waals surface area contributed by atoms with Crippen molar-refractivity contribution in [2.24, 2.45) is 0 Å². The Morgan fingerprint density at radius 1 is 1.07 bits per heavy atom. The molecule has 0 bridgehead atoms. The van der Waals surface area contributed by atoms with Gasteiger partial charge in [0.2, 0.25) is 0 Å². The van der Waals surface area contributed by atoms with Crippen LogP contribution in [0.15, 0.2) is 41.3 Å². The first-order valence-electron chi connectivity index (χ1n) is 7.84. The van der Waals surface area contributed by atoms with E-state index in [-0.39, 0.29) is 17.7 Å². The fourth-order valence-corrected chi connectivity index (χ4v) is 4.62. The lowest BCUT2D eigenvalue weighted by molar-refractivity contribution is -0.123. The van der Waals surface area contributed by atoms with Crippen molar-refractivity contribution in [3.63, 3.8) is 0 Å². The summed E-state index contributed by atoms with van der Waals surface area (Å²) in [6.45, 7) is 0.266. The predicted octanol–water partition coefficient (Wildman–Crippen LogP) is 5.15. The number of hydrogen-bond acceptors (Lipinski definition) is 5. The molecule has 2 aromatic carbocycles. The van der Waals surface area contributed by atoms with E-state index >= 15 is 0 Å². The smallest absolute Gasteiger partial charge is 0.293 e. The second kappa shape index (κ2) is 8.82. The molecule has 0 N–H and O–H groups in total. The number of benzene rings is 2. The highest BCUT2D eigenvalue weighted by Gasteiger charge is 2.35. The van der Waals surface area contributed by atoms with Crippen LogP contribution in [0.1, 0.15) is 11.1 Å². The monoisotopic (exact) mass is 607 g/mol. The van der Waals surface area contributed by atoms with Gasteiger partial charge in [-0.25, -0.2) is 0 Å². The standard InChI is InChI=1S/C19H15I2NO4S/c1-25-15-8-12(7-14(21)17(15)26-2)9-16-18(23)22(19(24)27-16)10-11-3-5-13(20)6-4-11/h3-9H,10H2,1-2H3/b16-9-. The molecule has 140 valence electrons. The number of thioether (sulfide) groups is 1. The van der Waals surface area contributed by atoms with Gasteiger partial charge in [-0.05, 0) is 98.4 Å². The number of rotatable bonds is 5. The van der Waals surface area contributed by atoms with E-state index in [1.165, 1.54) is 4.90 Å². The van der Waals surface area contributed by atoms with Crippen LogP contribution < -0.4 is 9.47 Å². The Balaban J connectivity index is 1.86. The Bertz CT molecular complexity index is 928. The fourth-order valence-electron chi connectivity index (χ4n) is 2.58. The molecule has 2 aromatic rings. The molecule has 8 heteroatoms. The lowest BCUT2D eigenvalue weighted by atomic mass is 10.1. The van der Waals surface area contributed by atoms with E-state index in [4.69, 9.17) is 9.47 Å². The number of amides is 2. The molecule has 1 saturated heterocycles. The zero-order valence-corrected chi connectivity index (χ0v) is 19.6. The summed E-state index contributed by atoms with van der Waals surface area (Å²) in [5, 5.41) is -0.264. The number of methoxy groups -OCH3 is 2. The van der Waals surface area contributed by atoms with Crippen molar-refractivity contribution in [2.45, 2.75) is 6.54 Å². The zero-order valence-electron chi connectivity index (χ0n) is 14.5. The van der Waals surface area contributed by atoms with Gasteiger partial charge in [-0.2, -0.15) is 0 Å². The molecular formula is C19H15I2NO4S. The highest BCUT2D eigenvalue weighted by atomic mass is 127. The molecule has 5 nitrogen and oxygen atoms in total. The number of halogens is 2. The molecule has 27 heavy (non-hydrogen) atoms. The van der Waals surface area contributed by atoms with Gasteiger partial charge in [0, 0.05) is 3.57 Å². The number of imide groups is 1. The third-order valence-corrected chi connectivity index (χ3v) is 6.31. The van der Waals surface area contributed by atoms with Crippen LogP contribution in [0.25, 0.3) is 6.08 Å². The van der Waals surface area contributed by atoms with E-state index in [1.54, 1.807) is 26.4 Å². The highest BCUT2D eigenvalue weighted by molar-refractivity contribution is 14.1. The minimum absolute atomic E-state index is 0.264. The minimum atomic E-state index is -0.284. The maximum absolute atomic E-state index is 12.7. The lowest BCUT2D eigenvalue weighted by Gasteiger charge is -2.12. The third kappa shape index (κ3) is 4.60. The van der Waals surface area contributed by atoms with Crippen LogP contribution in [0.2, 0.25) is 0 Å². The third-order valence-electron chi connectivity index (χ3n) is 3.88. The molecule has 1 aliphatic rings. The first-order valence-corrected chi connectivity index (χ1v) is 10.8. The van der Waals surface area contributed by atoms with E-state index in [1.807, 2.05) is 30.3 Å². The molecule has 1 fully saturated rings.